The van der Waals surface area contributed by atoms with Crippen molar-refractivity contribution in [3.8, 4) is 0 Å². The number of likely N-dealkylation sites (N-methyl/N-ethyl adjacent to an activating group) is 1. The third-order valence-corrected chi connectivity index (χ3v) is 0.989. The van der Waals surface area contributed by atoms with Crippen LogP contribution in [0, 0.1) is 0 Å². The first-order valence-electron chi connectivity index (χ1n) is 2.79. The van der Waals surface area contributed by atoms with E-state index in [1.54, 1.807) is 12.1 Å². The number of hydrogen-bond acceptors (Lipinski definition) is 3. The van der Waals surface area contributed by atoms with Gasteiger partial charge in [0.2, 0.25) is 0 Å². The fourth-order valence-electron chi connectivity index (χ4n) is 0.367. The van der Waals surface area contributed by atoms with Crippen molar-refractivity contribution >= 4 is 0 Å². The second-order valence-electron chi connectivity index (χ2n) is 1.62. The highest BCUT2D eigenvalue weighted by atomic mass is 16.5. The van der Waals surface area contributed by atoms with E-state index >= 15 is 0 Å². The van der Waals surface area contributed by atoms with Crippen LogP contribution in [0.5, 0.6) is 0 Å². The quantitative estimate of drug-likeness (QED) is 0.411. The largest absolute Gasteiger partial charge is 0.383 e. The summed E-state index contributed by atoms with van der Waals surface area (Å²) in [6, 6.07) is 0. The van der Waals surface area contributed by atoms with Gasteiger partial charge in [0.05, 0.1) is 6.61 Å². The molecule has 0 fully saturated rings. The van der Waals surface area contributed by atoms with Crippen LogP contribution in [0.1, 0.15) is 6.92 Å². The van der Waals surface area contributed by atoms with Crippen LogP contribution < -0.4 is 5.84 Å². The molecule has 0 aromatic heterocycles. The number of nitrogens with zero attached hydrogens (tertiary/aromatic N) is 1. The summed E-state index contributed by atoms with van der Waals surface area (Å²) < 4.78 is 4.79. The van der Waals surface area contributed by atoms with Gasteiger partial charge >= 0.3 is 0 Å². The Balaban J connectivity index is 2.86. The van der Waals surface area contributed by atoms with Gasteiger partial charge < -0.3 is 4.74 Å². The Morgan fingerprint density at radius 1 is 1.62 bits per heavy atom. The third-order valence-electron chi connectivity index (χ3n) is 0.989. The zero-order valence-electron chi connectivity index (χ0n) is 5.55. The number of hydrogen-bond donors (Lipinski definition) is 1. The molecular formula is C5H14N2O. The van der Waals surface area contributed by atoms with E-state index in [2.05, 4.69) is 0 Å². The lowest BCUT2D eigenvalue weighted by atomic mass is 10.6. The topological polar surface area (TPSA) is 38.5 Å². The number of methoxy groups -OCH3 is 1. The fourth-order valence-corrected chi connectivity index (χ4v) is 0.367. The Hall–Kier alpha value is -0.120. The SMILES string of the molecule is CCN(N)CCOC. The molecule has 0 saturated carbocycles. The summed E-state index contributed by atoms with van der Waals surface area (Å²) in [4.78, 5) is 0. The van der Waals surface area contributed by atoms with Gasteiger partial charge in [-0.15, -0.1) is 0 Å². The number of ether oxygens (including phenoxy) is 1. The molecule has 0 heterocycles. The number of hydrazine groups is 1. The predicted octanol–water partition coefficient (Wildman–Crippen LogP) is -0.172. The Morgan fingerprint density at radius 3 is 2.62 bits per heavy atom. The molecule has 0 saturated heterocycles. The van der Waals surface area contributed by atoms with Gasteiger partial charge in [-0.25, -0.2) is 5.01 Å². The van der Waals surface area contributed by atoms with E-state index in [0.29, 0.717) is 6.61 Å². The molecule has 0 aromatic rings. The molecule has 0 aliphatic heterocycles. The lowest BCUT2D eigenvalue weighted by Gasteiger charge is -2.11. The molecule has 0 aromatic carbocycles. The summed E-state index contributed by atoms with van der Waals surface area (Å²) in [7, 11) is 1.67. The summed E-state index contributed by atoms with van der Waals surface area (Å²) >= 11 is 0. The fraction of sp³-hybridized carbons (Fsp3) is 1.00. The number of rotatable bonds is 4. The van der Waals surface area contributed by atoms with Crippen molar-refractivity contribution < 1.29 is 4.74 Å². The maximum absolute atomic E-state index is 5.41. The van der Waals surface area contributed by atoms with E-state index in [9.17, 15) is 0 Å². The minimum absolute atomic E-state index is 0.713. The lowest BCUT2D eigenvalue weighted by molar-refractivity contribution is 0.152. The van der Waals surface area contributed by atoms with Crippen molar-refractivity contribution in [2.24, 2.45) is 5.84 Å². The highest BCUT2D eigenvalue weighted by Crippen LogP contribution is 1.74. The maximum Gasteiger partial charge on any atom is 0.0603 e. The Labute approximate surface area is 50.4 Å². The highest BCUT2D eigenvalue weighted by Gasteiger charge is 1.90. The first kappa shape index (κ1) is 7.88. The Bertz CT molecular complexity index is 49.7. The van der Waals surface area contributed by atoms with Crippen molar-refractivity contribution in [2.45, 2.75) is 6.92 Å². The molecule has 2 N–H and O–H groups in total. The summed E-state index contributed by atoms with van der Waals surface area (Å²) in [5.74, 6) is 5.41. The van der Waals surface area contributed by atoms with Crippen LogP contribution in [0.2, 0.25) is 0 Å². The van der Waals surface area contributed by atoms with Crippen molar-refractivity contribution in [1.82, 2.24) is 5.01 Å². The van der Waals surface area contributed by atoms with Crippen LogP contribution in [0.3, 0.4) is 0 Å². The average Bonchev–Trinajstić information content (AvgIpc) is 1.83. The summed E-state index contributed by atoms with van der Waals surface area (Å²) in [6.45, 7) is 4.41. The van der Waals surface area contributed by atoms with Crippen LogP contribution in [-0.2, 0) is 4.74 Å². The zero-order chi connectivity index (χ0) is 6.41. The number of nitrogens with two attached hydrogens (primary N) is 1. The van der Waals surface area contributed by atoms with E-state index in [1.165, 1.54) is 0 Å². The van der Waals surface area contributed by atoms with Crippen LogP contribution in [0.15, 0.2) is 0 Å². The molecule has 0 atom stereocenters. The Kier molecular flexibility index (Phi) is 4.95. The van der Waals surface area contributed by atoms with Gasteiger partial charge in [-0.1, -0.05) is 6.92 Å². The van der Waals surface area contributed by atoms with Crippen LogP contribution >= 0.6 is 0 Å². The van der Waals surface area contributed by atoms with Gasteiger partial charge in [0, 0.05) is 20.2 Å². The average molecular weight is 118 g/mol. The third kappa shape index (κ3) is 4.05. The monoisotopic (exact) mass is 118 g/mol. The zero-order valence-corrected chi connectivity index (χ0v) is 5.55. The molecule has 8 heavy (non-hydrogen) atoms. The van der Waals surface area contributed by atoms with E-state index < -0.39 is 0 Å². The standard InChI is InChI=1S/C5H14N2O/c1-3-7(6)4-5-8-2/h3-6H2,1-2H3. The van der Waals surface area contributed by atoms with Crippen molar-refractivity contribution in [3.05, 3.63) is 0 Å². The normalized spacial score (nSPS) is 10.5. The second kappa shape index (κ2) is 5.03. The van der Waals surface area contributed by atoms with Crippen molar-refractivity contribution in [3.63, 3.8) is 0 Å². The van der Waals surface area contributed by atoms with E-state index in [-0.39, 0.29) is 0 Å². The predicted molar refractivity (Wildman–Crippen MR) is 33.3 cm³/mol. The molecule has 0 aliphatic rings. The first-order valence-corrected chi connectivity index (χ1v) is 2.79. The molecule has 0 spiro atoms. The van der Waals surface area contributed by atoms with Gasteiger partial charge in [0.25, 0.3) is 0 Å². The molecule has 0 bridgehead atoms. The minimum atomic E-state index is 0.713. The molecular weight excluding hydrogens is 104 g/mol. The first-order chi connectivity index (χ1) is 3.81. The molecule has 3 nitrogen and oxygen atoms in total. The highest BCUT2D eigenvalue weighted by molar-refractivity contribution is 4.39. The summed E-state index contributed by atoms with van der Waals surface area (Å²) in [5, 5.41) is 1.71. The summed E-state index contributed by atoms with van der Waals surface area (Å²) in [5.41, 5.74) is 0. The molecule has 0 aliphatic carbocycles. The molecule has 0 amide bonds. The van der Waals surface area contributed by atoms with Crippen LogP contribution in [0.4, 0.5) is 0 Å². The Morgan fingerprint density at radius 2 is 2.25 bits per heavy atom. The van der Waals surface area contributed by atoms with E-state index in [0.717, 1.165) is 13.1 Å². The lowest BCUT2D eigenvalue weighted by Crippen LogP contribution is -2.33. The molecule has 0 radical (unpaired) electrons. The van der Waals surface area contributed by atoms with Crippen LogP contribution in [-0.4, -0.2) is 31.8 Å². The minimum Gasteiger partial charge on any atom is -0.383 e. The van der Waals surface area contributed by atoms with Gasteiger partial charge in [0.1, 0.15) is 0 Å². The molecule has 0 unspecified atom stereocenters. The molecule has 3 heteroatoms. The van der Waals surface area contributed by atoms with Crippen LogP contribution in [0.25, 0.3) is 0 Å². The smallest absolute Gasteiger partial charge is 0.0603 e. The second-order valence-corrected chi connectivity index (χ2v) is 1.62. The van der Waals surface area contributed by atoms with E-state index in [4.69, 9.17) is 10.6 Å². The van der Waals surface area contributed by atoms with Gasteiger partial charge in [0.15, 0.2) is 0 Å². The van der Waals surface area contributed by atoms with Gasteiger partial charge in [-0.3, -0.25) is 5.84 Å². The maximum atomic E-state index is 5.41. The van der Waals surface area contributed by atoms with E-state index in [1.807, 2.05) is 6.92 Å². The molecule has 50 valence electrons. The van der Waals surface area contributed by atoms with Gasteiger partial charge in [-0.2, -0.15) is 0 Å². The molecule has 0 rings (SSSR count). The van der Waals surface area contributed by atoms with Crippen molar-refractivity contribution in [1.29, 1.82) is 0 Å². The summed E-state index contributed by atoms with van der Waals surface area (Å²) in [6.07, 6.45) is 0. The van der Waals surface area contributed by atoms with Crippen molar-refractivity contribution in [2.75, 3.05) is 26.8 Å². The van der Waals surface area contributed by atoms with Gasteiger partial charge in [-0.05, 0) is 0 Å².